The lowest BCUT2D eigenvalue weighted by atomic mass is 9.98. The first-order chi connectivity index (χ1) is 15.8. The Morgan fingerprint density at radius 2 is 1.61 bits per heavy atom. The SMILES string of the molecule is CCOC(=O)c1ccc(S(=O)(=O)N2CCC(C(=O)OCC(=O)Nc3ccccc3)CC2)cc1. The first-order valence-electron chi connectivity index (χ1n) is 10.6. The molecule has 0 saturated carbocycles. The number of nitrogens with zero attached hydrogens (tertiary/aromatic N) is 1. The Hall–Kier alpha value is -3.24. The predicted molar refractivity (Wildman–Crippen MR) is 120 cm³/mol. The van der Waals surface area contributed by atoms with Crippen LogP contribution in [0.2, 0.25) is 0 Å². The normalized spacial score (nSPS) is 14.9. The van der Waals surface area contributed by atoms with Crippen LogP contribution in [-0.4, -0.2) is 56.9 Å². The summed E-state index contributed by atoms with van der Waals surface area (Å²) >= 11 is 0. The number of hydrogen-bond acceptors (Lipinski definition) is 7. The molecule has 2 aromatic carbocycles. The first kappa shape index (κ1) is 24.4. The molecular formula is C23H26N2O7S. The Morgan fingerprint density at radius 1 is 0.970 bits per heavy atom. The third kappa shape index (κ3) is 6.39. The second-order valence-corrected chi connectivity index (χ2v) is 9.38. The largest absolute Gasteiger partial charge is 0.462 e. The monoisotopic (exact) mass is 474 g/mol. The van der Waals surface area contributed by atoms with Gasteiger partial charge < -0.3 is 14.8 Å². The quantitative estimate of drug-likeness (QED) is 0.584. The Labute approximate surface area is 192 Å². The molecule has 0 spiro atoms. The van der Waals surface area contributed by atoms with E-state index in [1.807, 2.05) is 6.07 Å². The van der Waals surface area contributed by atoms with E-state index in [4.69, 9.17) is 9.47 Å². The van der Waals surface area contributed by atoms with E-state index in [1.165, 1.54) is 28.6 Å². The summed E-state index contributed by atoms with van der Waals surface area (Å²) in [6, 6.07) is 14.4. The van der Waals surface area contributed by atoms with Crippen molar-refractivity contribution in [2.45, 2.75) is 24.7 Å². The zero-order valence-electron chi connectivity index (χ0n) is 18.2. The van der Waals surface area contributed by atoms with E-state index in [1.54, 1.807) is 31.2 Å². The second kappa shape index (κ2) is 11.1. The standard InChI is InChI=1S/C23H26N2O7S/c1-2-31-22(27)17-8-10-20(11-9-17)33(29,30)25-14-12-18(13-15-25)23(28)32-16-21(26)24-19-6-4-3-5-7-19/h3-11,18H,2,12-16H2,1H3,(H,24,26). The van der Waals surface area contributed by atoms with Gasteiger partial charge in [-0.1, -0.05) is 18.2 Å². The van der Waals surface area contributed by atoms with Crippen LogP contribution in [0.4, 0.5) is 5.69 Å². The molecule has 3 rings (SSSR count). The minimum absolute atomic E-state index is 0.0640. The number of nitrogens with one attached hydrogen (secondary N) is 1. The molecule has 1 heterocycles. The van der Waals surface area contributed by atoms with E-state index in [0.29, 0.717) is 18.5 Å². The van der Waals surface area contributed by atoms with E-state index in [9.17, 15) is 22.8 Å². The first-order valence-corrected chi connectivity index (χ1v) is 12.0. The zero-order chi connectivity index (χ0) is 23.8. The molecule has 0 radical (unpaired) electrons. The number of anilines is 1. The summed E-state index contributed by atoms with van der Waals surface area (Å²) in [5, 5.41) is 2.63. The lowest BCUT2D eigenvalue weighted by molar-refractivity contribution is -0.152. The number of piperidine rings is 1. The third-order valence-electron chi connectivity index (χ3n) is 5.19. The fourth-order valence-corrected chi connectivity index (χ4v) is 4.90. The maximum absolute atomic E-state index is 12.9. The van der Waals surface area contributed by atoms with Crippen LogP contribution in [0.15, 0.2) is 59.5 Å². The van der Waals surface area contributed by atoms with E-state index >= 15 is 0 Å². The van der Waals surface area contributed by atoms with Crippen molar-refractivity contribution in [2.24, 2.45) is 5.92 Å². The van der Waals surface area contributed by atoms with Crippen LogP contribution in [0.5, 0.6) is 0 Å². The molecule has 1 amide bonds. The van der Waals surface area contributed by atoms with Gasteiger partial charge in [0.25, 0.3) is 5.91 Å². The van der Waals surface area contributed by atoms with E-state index in [2.05, 4.69) is 5.32 Å². The van der Waals surface area contributed by atoms with Crippen LogP contribution in [0.25, 0.3) is 0 Å². The molecule has 0 aliphatic carbocycles. The molecule has 1 fully saturated rings. The zero-order valence-corrected chi connectivity index (χ0v) is 19.0. The number of carbonyl (C=O) groups is 3. The number of rotatable bonds is 8. The Morgan fingerprint density at radius 3 is 2.21 bits per heavy atom. The van der Waals surface area contributed by atoms with Gasteiger partial charge in [0.15, 0.2) is 6.61 Å². The number of ether oxygens (including phenoxy) is 2. The lowest BCUT2D eigenvalue weighted by Crippen LogP contribution is -2.40. The van der Waals surface area contributed by atoms with Crippen molar-refractivity contribution < 1.29 is 32.3 Å². The fraction of sp³-hybridized carbons (Fsp3) is 0.348. The number of carbonyl (C=O) groups excluding carboxylic acids is 3. The summed E-state index contributed by atoms with van der Waals surface area (Å²) in [5.74, 6) is -1.96. The van der Waals surface area contributed by atoms with Crippen molar-refractivity contribution in [1.29, 1.82) is 0 Å². The molecule has 1 aliphatic rings. The van der Waals surface area contributed by atoms with Gasteiger partial charge in [-0.15, -0.1) is 0 Å². The molecular weight excluding hydrogens is 448 g/mol. The van der Waals surface area contributed by atoms with E-state index in [0.717, 1.165) is 0 Å². The minimum Gasteiger partial charge on any atom is -0.462 e. The maximum Gasteiger partial charge on any atom is 0.338 e. The van der Waals surface area contributed by atoms with Crippen LogP contribution < -0.4 is 5.32 Å². The van der Waals surface area contributed by atoms with Crippen LogP contribution in [0.3, 0.4) is 0 Å². The van der Waals surface area contributed by atoms with Gasteiger partial charge in [0.05, 0.1) is 23.0 Å². The van der Waals surface area contributed by atoms with Crippen LogP contribution >= 0.6 is 0 Å². The third-order valence-corrected chi connectivity index (χ3v) is 7.11. The molecule has 176 valence electrons. The summed E-state index contributed by atoms with van der Waals surface area (Å²) in [7, 11) is -3.76. The topological polar surface area (TPSA) is 119 Å². The van der Waals surface area contributed by atoms with Crippen LogP contribution in [-0.2, 0) is 29.1 Å². The average Bonchev–Trinajstić information content (AvgIpc) is 2.83. The molecule has 2 aromatic rings. The van der Waals surface area contributed by atoms with Crippen molar-refractivity contribution in [1.82, 2.24) is 4.31 Å². The molecule has 0 unspecified atom stereocenters. The predicted octanol–water partition coefficient (Wildman–Crippen LogP) is 2.45. The van der Waals surface area contributed by atoms with Gasteiger partial charge in [-0.05, 0) is 56.2 Å². The second-order valence-electron chi connectivity index (χ2n) is 7.45. The van der Waals surface area contributed by atoms with Crippen LogP contribution in [0.1, 0.15) is 30.1 Å². The van der Waals surface area contributed by atoms with Crippen molar-refractivity contribution >= 4 is 33.6 Å². The minimum atomic E-state index is -3.76. The van der Waals surface area contributed by atoms with Gasteiger partial charge in [0.2, 0.25) is 10.0 Å². The summed E-state index contributed by atoms with van der Waals surface area (Å²) in [5.41, 5.74) is 0.876. The Balaban J connectivity index is 1.49. The number of sulfonamides is 1. The molecule has 0 aromatic heterocycles. The Kier molecular flexibility index (Phi) is 8.18. The van der Waals surface area contributed by atoms with E-state index < -0.39 is 40.4 Å². The Bertz CT molecular complexity index is 1080. The van der Waals surface area contributed by atoms with Crippen molar-refractivity contribution in [2.75, 3.05) is 31.6 Å². The van der Waals surface area contributed by atoms with Gasteiger partial charge in [0.1, 0.15) is 0 Å². The molecule has 0 atom stereocenters. The van der Waals surface area contributed by atoms with Gasteiger partial charge in [-0.25, -0.2) is 13.2 Å². The molecule has 1 N–H and O–H groups in total. The number of amides is 1. The lowest BCUT2D eigenvalue weighted by Gasteiger charge is -2.30. The summed E-state index contributed by atoms with van der Waals surface area (Å²) in [6.45, 7) is 1.82. The molecule has 10 heteroatoms. The van der Waals surface area contributed by atoms with Gasteiger partial charge >= 0.3 is 11.9 Å². The number of benzene rings is 2. The fourth-order valence-electron chi connectivity index (χ4n) is 3.43. The summed E-state index contributed by atoms with van der Waals surface area (Å²) in [4.78, 5) is 36.1. The van der Waals surface area contributed by atoms with E-state index in [-0.39, 0.29) is 30.2 Å². The number of para-hydroxylation sites is 1. The molecule has 1 saturated heterocycles. The van der Waals surface area contributed by atoms with Gasteiger partial charge in [0, 0.05) is 18.8 Å². The highest BCUT2D eigenvalue weighted by atomic mass is 32.2. The smallest absolute Gasteiger partial charge is 0.338 e. The summed E-state index contributed by atoms with van der Waals surface area (Å²) in [6.07, 6.45) is 0.582. The van der Waals surface area contributed by atoms with Crippen LogP contribution in [0, 0.1) is 5.92 Å². The van der Waals surface area contributed by atoms with Crippen molar-refractivity contribution in [3.63, 3.8) is 0 Å². The highest BCUT2D eigenvalue weighted by Crippen LogP contribution is 2.25. The summed E-state index contributed by atoms with van der Waals surface area (Å²) < 4.78 is 37.1. The number of hydrogen-bond donors (Lipinski definition) is 1. The molecule has 1 aliphatic heterocycles. The average molecular weight is 475 g/mol. The van der Waals surface area contributed by atoms with Gasteiger partial charge in [-0.3, -0.25) is 9.59 Å². The van der Waals surface area contributed by atoms with Crippen molar-refractivity contribution in [3.8, 4) is 0 Å². The highest BCUT2D eigenvalue weighted by Gasteiger charge is 2.33. The number of esters is 2. The van der Waals surface area contributed by atoms with Crippen molar-refractivity contribution in [3.05, 3.63) is 60.2 Å². The highest BCUT2D eigenvalue weighted by molar-refractivity contribution is 7.89. The molecule has 0 bridgehead atoms. The molecule has 33 heavy (non-hydrogen) atoms. The van der Waals surface area contributed by atoms with Gasteiger partial charge in [-0.2, -0.15) is 4.31 Å². The molecule has 9 nitrogen and oxygen atoms in total. The maximum atomic E-state index is 12.9.